The highest BCUT2D eigenvalue weighted by molar-refractivity contribution is 7.89. The van der Waals surface area contributed by atoms with Crippen LogP contribution in [0, 0.1) is 0 Å². The van der Waals surface area contributed by atoms with E-state index in [1.807, 2.05) is 12.1 Å². The quantitative estimate of drug-likeness (QED) is 0.515. The summed E-state index contributed by atoms with van der Waals surface area (Å²) in [7, 11) is -3.71. The molecule has 1 aromatic carbocycles. The van der Waals surface area contributed by atoms with Crippen LogP contribution >= 0.6 is 11.3 Å². The molecular weight excluding hydrogens is 410 g/mol. The van der Waals surface area contributed by atoms with Crippen molar-refractivity contribution in [2.45, 2.75) is 43.4 Å². The van der Waals surface area contributed by atoms with Gasteiger partial charge in [0.25, 0.3) is 0 Å². The van der Waals surface area contributed by atoms with E-state index in [-0.39, 0.29) is 15.6 Å². The molecular formula is C21H23NO5S2. The lowest BCUT2D eigenvalue weighted by molar-refractivity contribution is 0.0476. The highest BCUT2D eigenvalue weighted by Gasteiger charge is 2.32. The van der Waals surface area contributed by atoms with Crippen LogP contribution in [-0.4, -0.2) is 44.2 Å². The largest absolute Gasteiger partial charge is 0.453 e. The Kier molecular flexibility index (Phi) is 5.85. The smallest absolute Gasteiger partial charge is 0.350 e. The summed E-state index contributed by atoms with van der Waals surface area (Å²) in [5.41, 5.74) is 2.99. The van der Waals surface area contributed by atoms with Crippen LogP contribution in [0.15, 0.2) is 34.5 Å². The second-order valence-corrected chi connectivity index (χ2v) is 10.2. The van der Waals surface area contributed by atoms with Gasteiger partial charge in [-0.1, -0.05) is 12.1 Å². The molecule has 1 fully saturated rings. The van der Waals surface area contributed by atoms with E-state index in [4.69, 9.17) is 4.74 Å². The molecule has 4 rings (SSSR count). The van der Waals surface area contributed by atoms with E-state index in [2.05, 4.69) is 0 Å². The number of fused-ring (bicyclic) bond motifs is 1. The van der Waals surface area contributed by atoms with E-state index in [1.165, 1.54) is 27.9 Å². The second kappa shape index (κ2) is 8.38. The van der Waals surface area contributed by atoms with Gasteiger partial charge in [0.15, 0.2) is 12.4 Å². The fraction of sp³-hybridized carbons (Fsp3) is 0.429. The van der Waals surface area contributed by atoms with Gasteiger partial charge in [-0.15, -0.1) is 11.3 Å². The van der Waals surface area contributed by atoms with E-state index < -0.39 is 22.6 Å². The van der Waals surface area contributed by atoms with Gasteiger partial charge in [0.1, 0.15) is 9.77 Å². The van der Waals surface area contributed by atoms with Crippen molar-refractivity contribution in [2.24, 2.45) is 0 Å². The molecule has 29 heavy (non-hydrogen) atoms. The Morgan fingerprint density at radius 3 is 2.48 bits per heavy atom. The summed E-state index contributed by atoms with van der Waals surface area (Å²) in [5, 5.41) is 1.56. The van der Waals surface area contributed by atoms with Gasteiger partial charge in [0.05, 0.1) is 0 Å². The Morgan fingerprint density at radius 1 is 1.00 bits per heavy atom. The average Bonchev–Trinajstić information content (AvgIpc) is 3.44. The summed E-state index contributed by atoms with van der Waals surface area (Å²) in [4.78, 5) is 25.0. The number of rotatable bonds is 6. The first-order valence-corrected chi connectivity index (χ1v) is 12.2. The molecule has 0 saturated carbocycles. The van der Waals surface area contributed by atoms with E-state index >= 15 is 0 Å². The minimum absolute atomic E-state index is 0.0233. The van der Waals surface area contributed by atoms with Gasteiger partial charge < -0.3 is 4.74 Å². The second-order valence-electron chi connectivity index (χ2n) is 7.42. The summed E-state index contributed by atoms with van der Waals surface area (Å²) in [5.74, 6) is -1.06. The maximum atomic E-state index is 12.8. The van der Waals surface area contributed by atoms with Crippen LogP contribution in [0.5, 0.6) is 0 Å². The molecule has 0 atom stereocenters. The predicted molar refractivity (Wildman–Crippen MR) is 110 cm³/mol. The van der Waals surface area contributed by atoms with Crippen molar-refractivity contribution >= 4 is 33.1 Å². The minimum Gasteiger partial charge on any atom is -0.453 e. The minimum atomic E-state index is -3.71. The first kappa shape index (κ1) is 20.3. The number of ether oxygens (including phenoxy) is 1. The lowest BCUT2D eigenvalue weighted by atomic mass is 9.90. The van der Waals surface area contributed by atoms with Gasteiger partial charge in [-0.3, -0.25) is 4.79 Å². The standard InChI is InChI=1S/C21H23NO5S2/c23-18(17-8-7-15-5-1-2-6-16(15)13-17)14-27-21(24)20-19(9-12-28-20)29(25,26)22-10-3-4-11-22/h7-9,12-13H,1-6,10-11,14H2. The third-order valence-electron chi connectivity index (χ3n) is 5.50. The molecule has 6 nitrogen and oxygen atoms in total. The molecule has 0 unspecified atom stereocenters. The fourth-order valence-electron chi connectivity index (χ4n) is 3.90. The van der Waals surface area contributed by atoms with Crippen LogP contribution < -0.4 is 0 Å². The van der Waals surface area contributed by atoms with Crippen LogP contribution in [0.25, 0.3) is 0 Å². The number of carbonyl (C=O) groups is 2. The summed E-state index contributed by atoms with van der Waals surface area (Å²) >= 11 is 1.02. The molecule has 0 N–H and O–H groups in total. The zero-order valence-electron chi connectivity index (χ0n) is 16.1. The summed E-state index contributed by atoms with van der Waals surface area (Å²) in [6.07, 6.45) is 5.92. The predicted octanol–water partition coefficient (Wildman–Crippen LogP) is 3.45. The van der Waals surface area contributed by atoms with Crippen molar-refractivity contribution in [3.63, 3.8) is 0 Å². The maximum absolute atomic E-state index is 12.8. The maximum Gasteiger partial charge on any atom is 0.350 e. The number of hydrogen-bond acceptors (Lipinski definition) is 6. The first-order valence-electron chi connectivity index (χ1n) is 9.86. The average molecular weight is 434 g/mol. The highest BCUT2D eigenvalue weighted by Crippen LogP contribution is 2.28. The zero-order valence-corrected chi connectivity index (χ0v) is 17.7. The van der Waals surface area contributed by atoms with Gasteiger partial charge >= 0.3 is 5.97 Å². The molecule has 2 aromatic rings. The van der Waals surface area contributed by atoms with Crippen LogP contribution in [0.1, 0.15) is 56.8 Å². The number of sulfonamides is 1. The third kappa shape index (κ3) is 4.15. The number of Topliss-reactive ketones (excluding diaryl/α,β-unsaturated/α-hetero) is 1. The molecule has 8 heteroatoms. The third-order valence-corrected chi connectivity index (χ3v) is 8.47. The number of thiophene rings is 1. The zero-order chi connectivity index (χ0) is 20.4. The topological polar surface area (TPSA) is 80.8 Å². The molecule has 154 valence electrons. The number of aryl methyl sites for hydroxylation is 2. The van der Waals surface area contributed by atoms with Crippen LogP contribution in [-0.2, 0) is 27.6 Å². The van der Waals surface area contributed by atoms with Gasteiger partial charge in [0.2, 0.25) is 10.0 Å². The molecule has 2 aliphatic rings. The van der Waals surface area contributed by atoms with Gasteiger partial charge in [-0.05, 0) is 67.2 Å². The Bertz CT molecular complexity index is 1040. The lowest BCUT2D eigenvalue weighted by Gasteiger charge is -2.16. The number of hydrogen-bond donors (Lipinski definition) is 0. The lowest BCUT2D eigenvalue weighted by Crippen LogP contribution is -2.29. The van der Waals surface area contributed by atoms with E-state index in [1.54, 1.807) is 11.4 Å². The van der Waals surface area contributed by atoms with Crippen molar-refractivity contribution < 1.29 is 22.7 Å². The van der Waals surface area contributed by atoms with Gasteiger partial charge in [-0.25, -0.2) is 13.2 Å². The summed E-state index contributed by atoms with van der Waals surface area (Å²) in [6.45, 7) is 0.520. The SMILES string of the molecule is O=C(COC(=O)c1sccc1S(=O)(=O)N1CCCC1)c1ccc2c(c1)CCCC2. The first-order chi connectivity index (χ1) is 14.0. The number of carbonyl (C=O) groups excluding carboxylic acids is 2. The molecule has 0 amide bonds. The van der Waals surface area contributed by atoms with Crippen molar-refractivity contribution in [2.75, 3.05) is 19.7 Å². The van der Waals surface area contributed by atoms with Crippen molar-refractivity contribution in [3.05, 3.63) is 51.2 Å². The van der Waals surface area contributed by atoms with Crippen LogP contribution in [0.2, 0.25) is 0 Å². The number of nitrogens with zero attached hydrogens (tertiary/aromatic N) is 1. The Labute approximate surface area is 174 Å². The number of esters is 1. The molecule has 0 spiro atoms. The van der Waals surface area contributed by atoms with Crippen molar-refractivity contribution in [1.82, 2.24) is 4.31 Å². The van der Waals surface area contributed by atoms with E-state index in [9.17, 15) is 18.0 Å². The molecule has 1 saturated heterocycles. The monoisotopic (exact) mass is 433 g/mol. The van der Waals surface area contributed by atoms with Crippen LogP contribution in [0.3, 0.4) is 0 Å². The molecule has 2 heterocycles. The summed E-state index contributed by atoms with van der Waals surface area (Å²) in [6, 6.07) is 7.07. The molecule has 0 radical (unpaired) electrons. The number of benzene rings is 1. The summed E-state index contributed by atoms with van der Waals surface area (Å²) < 4.78 is 32.1. The fourth-order valence-corrected chi connectivity index (χ4v) is 6.70. The molecule has 1 aliphatic carbocycles. The Balaban J connectivity index is 1.44. The van der Waals surface area contributed by atoms with E-state index in [0.29, 0.717) is 18.7 Å². The van der Waals surface area contributed by atoms with Gasteiger partial charge in [0, 0.05) is 18.7 Å². The van der Waals surface area contributed by atoms with Gasteiger partial charge in [-0.2, -0.15) is 4.31 Å². The highest BCUT2D eigenvalue weighted by atomic mass is 32.2. The Morgan fingerprint density at radius 2 is 1.72 bits per heavy atom. The molecule has 0 bridgehead atoms. The molecule has 1 aromatic heterocycles. The van der Waals surface area contributed by atoms with Crippen molar-refractivity contribution in [3.8, 4) is 0 Å². The van der Waals surface area contributed by atoms with E-state index in [0.717, 1.165) is 43.4 Å². The molecule has 1 aliphatic heterocycles. The normalized spacial score (nSPS) is 17.1. The van der Waals surface area contributed by atoms with Crippen molar-refractivity contribution in [1.29, 1.82) is 0 Å². The van der Waals surface area contributed by atoms with Crippen LogP contribution in [0.4, 0.5) is 0 Å². The Hall–Kier alpha value is -2.03. The number of ketones is 1.